The van der Waals surface area contributed by atoms with E-state index in [1.165, 1.54) is 0 Å². The van der Waals surface area contributed by atoms with Gasteiger partial charge in [-0.05, 0) is 30.7 Å². The highest BCUT2D eigenvalue weighted by Crippen LogP contribution is 2.25. The summed E-state index contributed by atoms with van der Waals surface area (Å²) in [6.07, 6.45) is 0. The van der Waals surface area contributed by atoms with Crippen LogP contribution in [0.3, 0.4) is 0 Å². The molecule has 92 valence electrons. The van der Waals surface area contributed by atoms with E-state index in [2.05, 4.69) is 0 Å². The van der Waals surface area contributed by atoms with E-state index in [0.29, 0.717) is 21.9 Å². The van der Waals surface area contributed by atoms with Crippen LogP contribution in [0, 0.1) is 6.92 Å². The summed E-state index contributed by atoms with van der Waals surface area (Å²) < 4.78 is 5.06. The van der Waals surface area contributed by atoms with Crippen LogP contribution in [0.15, 0.2) is 42.5 Å². The lowest BCUT2D eigenvalue weighted by Crippen LogP contribution is -2.04. The SMILES string of the molecule is COc1ccc(C(=O)c2ccccc2C)c(Cl)c1. The van der Waals surface area contributed by atoms with Crippen molar-refractivity contribution in [2.24, 2.45) is 0 Å². The molecular weight excluding hydrogens is 248 g/mol. The van der Waals surface area contributed by atoms with Crippen LogP contribution in [0.25, 0.3) is 0 Å². The van der Waals surface area contributed by atoms with E-state index in [0.717, 1.165) is 5.56 Å². The number of benzene rings is 2. The molecule has 0 saturated heterocycles. The van der Waals surface area contributed by atoms with Crippen LogP contribution < -0.4 is 4.74 Å². The Morgan fingerprint density at radius 1 is 1.11 bits per heavy atom. The molecule has 2 rings (SSSR count). The number of aryl methyl sites for hydroxylation is 1. The number of carbonyl (C=O) groups excluding carboxylic acids is 1. The standard InChI is InChI=1S/C15H13ClO2/c1-10-5-3-4-6-12(10)15(17)13-8-7-11(18-2)9-14(13)16/h3-9H,1-2H3. The summed E-state index contributed by atoms with van der Waals surface area (Å²) in [6, 6.07) is 12.5. The van der Waals surface area contributed by atoms with Crippen molar-refractivity contribution < 1.29 is 9.53 Å². The Morgan fingerprint density at radius 2 is 1.83 bits per heavy atom. The molecule has 0 aliphatic rings. The second kappa shape index (κ2) is 5.23. The summed E-state index contributed by atoms with van der Waals surface area (Å²) in [7, 11) is 1.56. The summed E-state index contributed by atoms with van der Waals surface area (Å²) in [5, 5.41) is 0.405. The number of hydrogen-bond acceptors (Lipinski definition) is 2. The fraction of sp³-hybridized carbons (Fsp3) is 0.133. The van der Waals surface area contributed by atoms with Crippen molar-refractivity contribution in [3.8, 4) is 5.75 Å². The molecule has 3 heteroatoms. The first kappa shape index (κ1) is 12.7. The summed E-state index contributed by atoms with van der Waals surface area (Å²) in [5.74, 6) is 0.571. The van der Waals surface area contributed by atoms with E-state index in [1.807, 2.05) is 25.1 Å². The third kappa shape index (κ3) is 2.39. The largest absolute Gasteiger partial charge is 0.497 e. The summed E-state index contributed by atoms with van der Waals surface area (Å²) in [4.78, 5) is 12.4. The Morgan fingerprint density at radius 3 is 2.44 bits per heavy atom. The van der Waals surface area contributed by atoms with Crippen molar-refractivity contribution in [3.63, 3.8) is 0 Å². The molecule has 2 aromatic rings. The summed E-state index contributed by atoms with van der Waals surface area (Å²) in [5.41, 5.74) is 2.10. The van der Waals surface area contributed by atoms with Crippen molar-refractivity contribution in [1.29, 1.82) is 0 Å². The lowest BCUT2D eigenvalue weighted by molar-refractivity contribution is 0.103. The second-order valence-corrected chi connectivity index (χ2v) is 4.40. The van der Waals surface area contributed by atoms with E-state index < -0.39 is 0 Å². The Balaban J connectivity index is 2.44. The molecule has 0 bridgehead atoms. The highest BCUT2D eigenvalue weighted by Gasteiger charge is 2.14. The predicted molar refractivity (Wildman–Crippen MR) is 72.6 cm³/mol. The maximum atomic E-state index is 12.4. The van der Waals surface area contributed by atoms with Gasteiger partial charge in [0.15, 0.2) is 5.78 Å². The molecule has 0 N–H and O–H groups in total. The molecule has 18 heavy (non-hydrogen) atoms. The van der Waals surface area contributed by atoms with Gasteiger partial charge in [0, 0.05) is 11.1 Å². The molecule has 0 amide bonds. The number of methoxy groups -OCH3 is 1. The minimum Gasteiger partial charge on any atom is -0.497 e. The monoisotopic (exact) mass is 260 g/mol. The number of rotatable bonds is 3. The fourth-order valence-corrected chi connectivity index (χ4v) is 2.04. The quantitative estimate of drug-likeness (QED) is 0.783. The molecule has 0 heterocycles. The van der Waals surface area contributed by atoms with Gasteiger partial charge in [0.05, 0.1) is 12.1 Å². The molecule has 0 atom stereocenters. The molecule has 0 fully saturated rings. The van der Waals surface area contributed by atoms with E-state index >= 15 is 0 Å². The van der Waals surface area contributed by atoms with Gasteiger partial charge < -0.3 is 4.74 Å². The molecule has 0 unspecified atom stereocenters. The Hall–Kier alpha value is -1.80. The minimum atomic E-state index is -0.0687. The number of halogens is 1. The molecule has 2 nitrogen and oxygen atoms in total. The van der Waals surface area contributed by atoms with Gasteiger partial charge in [-0.25, -0.2) is 0 Å². The van der Waals surface area contributed by atoms with Crippen LogP contribution in [-0.2, 0) is 0 Å². The van der Waals surface area contributed by atoms with Gasteiger partial charge in [0.2, 0.25) is 0 Å². The number of ketones is 1. The summed E-state index contributed by atoms with van der Waals surface area (Å²) >= 11 is 6.10. The second-order valence-electron chi connectivity index (χ2n) is 3.99. The predicted octanol–water partition coefficient (Wildman–Crippen LogP) is 3.89. The number of hydrogen-bond donors (Lipinski definition) is 0. The lowest BCUT2D eigenvalue weighted by atomic mass is 9.99. The highest BCUT2D eigenvalue weighted by atomic mass is 35.5. The molecule has 0 saturated carbocycles. The van der Waals surface area contributed by atoms with Crippen molar-refractivity contribution >= 4 is 17.4 Å². The fourth-order valence-electron chi connectivity index (χ4n) is 1.78. The smallest absolute Gasteiger partial charge is 0.194 e. The van der Waals surface area contributed by atoms with Crippen LogP contribution in [0.5, 0.6) is 5.75 Å². The zero-order valence-electron chi connectivity index (χ0n) is 10.2. The maximum absolute atomic E-state index is 12.4. The minimum absolute atomic E-state index is 0.0687. The van der Waals surface area contributed by atoms with E-state index in [4.69, 9.17) is 16.3 Å². The highest BCUT2D eigenvalue weighted by molar-refractivity contribution is 6.35. The zero-order valence-corrected chi connectivity index (χ0v) is 11.0. The van der Waals surface area contributed by atoms with Crippen LogP contribution in [0.4, 0.5) is 0 Å². The third-order valence-electron chi connectivity index (χ3n) is 2.81. The lowest BCUT2D eigenvalue weighted by Gasteiger charge is -2.08. The molecule has 0 aromatic heterocycles. The van der Waals surface area contributed by atoms with E-state index in [-0.39, 0.29) is 5.78 Å². The van der Waals surface area contributed by atoms with Crippen molar-refractivity contribution in [1.82, 2.24) is 0 Å². The molecule has 2 aromatic carbocycles. The van der Waals surface area contributed by atoms with Gasteiger partial charge in [-0.15, -0.1) is 0 Å². The average molecular weight is 261 g/mol. The van der Waals surface area contributed by atoms with Crippen LogP contribution in [0.1, 0.15) is 21.5 Å². The first-order chi connectivity index (χ1) is 8.63. The molecule has 0 spiro atoms. The van der Waals surface area contributed by atoms with Gasteiger partial charge in [0.1, 0.15) is 5.75 Å². The van der Waals surface area contributed by atoms with Crippen molar-refractivity contribution in [2.75, 3.05) is 7.11 Å². The van der Waals surface area contributed by atoms with Gasteiger partial charge in [-0.1, -0.05) is 35.9 Å². The number of ether oxygens (including phenoxy) is 1. The molecular formula is C15H13ClO2. The van der Waals surface area contributed by atoms with E-state index in [1.54, 1.807) is 31.4 Å². The Kier molecular flexibility index (Phi) is 3.68. The number of carbonyl (C=O) groups is 1. The van der Waals surface area contributed by atoms with Gasteiger partial charge >= 0.3 is 0 Å². The van der Waals surface area contributed by atoms with E-state index in [9.17, 15) is 4.79 Å². The first-order valence-electron chi connectivity index (χ1n) is 5.57. The van der Waals surface area contributed by atoms with Crippen LogP contribution in [-0.4, -0.2) is 12.9 Å². The molecule has 0 aliphatic heterocycles. The average Bonchev–Trinajstić information content (AvgIpc) is 2.38. The van der Waals surface area contributed by atoms with Crippen LogP contribution in [0.2, 0.25) is 5.02 Å². The molecule has 0 radical (unpaired) electrons. The first-order valence-corrected chi connectivity index (χ1v) is 5.95. The maximum Gasteiger partial charge on any atom is 0.194 e. The normalized spacial score (nSPS) is 10.2. The Bertz CT molecular complexity index is 591. The van der Waals surface area contributed by atoms with Crippen molar-refractivity contribution in [2.45, 2.75) is 6.92 Å². The topological polar surface area (TPSA) is 26.3 Å². The van der Waals surface area contributed by atoms with Crippen molar-refractivity contribution in [3.05, 3.63) is 64.2 Å². The molecule has 0 aliphatic carbocycles. The third-order valence-corrected chi connectivity index (χ3v) is 3.12. The summed E-state index contributed by atoms with van der Waals surface area (Å²) in [6.45, 7) is 1.91. The Labute approximate surface area is 111 Å². The van der Waals surface area contributed by atoms with Gasteiger partial charge in [-0.3, -0.25) is 4.79 Å². The van der Waals surface area contributed by atoms with Gasteiger partial charge in [-0.2, -0.15) is 0 Å². The van der Waals surface area contributed by atoms with Gasteiger partial charge in [0.25, 0.3) is 0 Å². The van der Waals surface area contributed by atoms with Crippen LogP contribution >= 0.6 is 11.6 Å². The zero-order chi connectivity index (χ0) is 13.1.